The summed E-state index contributed by atoms with van der Waals surface area (Å²) < 4.78 is 10.9. The van der Waals surface area contributed by atoms with Gasteiger partial charge in [-0.1, -0.05) is 52.6 Å². The fourth-order valence-corrected chi connectivity index (χ4v) is 3.65. The summed E-state index contributed by atoms with van der Waals surface area (Å²) in [7, 11) is 0. The normalized spacial score (nSPS) is 17.0. The Morgan fingerprint density at radius 1 is 1.13 bits per heavy atom. The van der Waals surface area contributed by atoms with Crippen LogP contribution in [0.5, 0.6) is 0 Å². The molecule has 2 rings (SSSR count). The molecule has 0 saturated carbocycles. The van der Waals surface area contributed by atoms with Crippen LogP contribution < -0.4 is 10.6 Å². The highest BCUT2D eigenvalue weighted by Gasteiger charge is 2.27. The molecule has 174 valence electrons. The number of guanidine groups is 1. The predicted octanol–water partition coefficient (Wildman–Crippen LogP) is 3.18. The second-order valence-electron chi connectivity index (χ2n) is 8.63. The Kier molecular flexibility index (Phi) is 12.2. The third-order valence-electron chi connectivity index (χ3n) is 5.42. The molecule has 1 fully saturated rings. The summed E-state index contributed by atoms with van der Waals surface area (Å²) >= 11 is 0. The molecule has 0 bridgehead atoms. The van der Waals surface area contributed by atoms with Gasteiger partial charge in [0.2, 0.25) is 5.89 Å². The molecule has 9 heteroatoms. The molecule has 0 amide bonds. The fourth-order valence-electron chi connectivity index (χ4n) is 3.65. The van der Waals surface area contributed by atoms with Crippen molar-refractivity contribution < 1.29 is 9.26 Å². The van der Waals surface area contributed by atoms with Crippen LogP contribution in [0.3, 0.4) is 0 Å². The van der Waals surface area contributed by atoms with E-state index in [-0.39, 0.29) is 29.4 Å². The molecular formula is C21H41IN6O2. The first-order valence-corrected chi connectivity index (χ1v) is 11.1. The zero-order valence-electron chi connectivity index (χ0n) is 19.5. The van der Waals surface area contributed by atoms with Crippen LogP contribution in [0.4, 0.5) is 0 Å². The van der Waals surface area contributed by atoms with E-state index in [4.69, 9.17) is 9.26 Å². The first kappa shape index (κ1) is 27.1. The number of halogens is 1. The van der Waals surface area contributed by atoms with E-state index >= 15 is 0 Å². The average molecular weight is 537 g/mol. The number of ether oxygens (including phenoxy) is 1. The molecule has 1 saturated heterocycles. The monoisotopic (exact) mass is 536 g/mol. The van der Waals surface area contributed by atoms with Crippen LogP contribution in [0.1, 0.15) is 66.1 Å². The van der Waals surface area contributed by atoms with Crippen molar-refractivity contribution in [2.75, 3.05) is 39.4 Å². The van der Waals surface area contributed by atoms with Gasteiger partial charge in [0.05, 0.1) is 13.2 Å². The predicted molar refractivity (Wildman–Crippen MR) is 131 cm³/mol. The molecule has 1 aromatic heterocycles. The van der Waals surface area contributed by atoms with Crippen molar-refractivity contribution in [3.05, 3.63) is 11.7 Å². The molecule has 1 aliphatic rings. The van der Waals surface area contributed by atoms with Crippen LogP contribution in [0, 0.1) is 5.92 Å². The van der Waals surface area contributed by atoms with E-state index in [1.165, 1.54) is 12.8 Å². The lowest BCUT2D eigenvalue weighted by atomic mass is 9.92. The highest BCUT2D eigenvalue weighted by Crippen LogP contribution is 2.20. The van der Waals surface area contributed by atoms with Gasteiger partial charge < -0.3 is 19.9 Å². The highest BCUT2D eigenvalue weighted by molar-refractivity contribution is 14.0. The Labute approximate surface area is 199 Å². The number of rotatable bonds is 9. The Hall–Kier alpha value is -0.940. The third-order valence-corrected chi connectivity index (χ3v) is 5.42. The first-order valence-electron chi connectivity index (χ1n) is 11.1. The summed E-state index contributed by atoms with van der Waals surface area (Å²) in [6.45, 7) is 18.5. The largest absolute Gasteiger partial charge is 0.379 e. The van der Waals surface area contributed by atoms with E-state index in [1.54, 1.807) is 0 Å². The summed E-state index contributed by atoms with van der Waals surface area (Å²) in [5, 5.41) is 10.9. The highest BCUT2D eigenvalue weighted by atomic mass is 127. The van der Waals surface area contributed by atoms with E-state index < -0.39 is 0 Å². The van der Waals surface area contributed by atoms with Crippen molar-refractivity contribution in [3.8, 4) is 0 Å². The smallest absolute Gasteiger partial charge is 0.232 e. The van der Waals surface area contributed by atoms with Gasteiger partial charge in [0, 0.05) is 37.6 Å². The molecule has 2 heterocycles. The van der Waals surface area contributed by atoms with Gasteiger partial charge in [-0.2, -0.15) is 4.98 Å². The SMILES string of the molecule is CCNC(=NCc1noc(C(C)(C)C)n1)NCC(C(CC)CC)N1CCOCC1.I. The number of nitrogens with zero attached hydrogens (tertiary/aromatic N) is 4. The van der Waals surface area contributed by atoms with E-state index in [2.05, 4.69) is 72.2 Å². The number of aliphatic imine (C=N–C) groups is 1. The van der Waals surface area contributed by atoms with Crippen LogP contribution >= 0.6 is 24.0 Å². The van der Waals surface area contributed by atoms with Crippen LogP contribution in [0.25, 0.3) is 0 Å². The number of hydrogen-bond donors (Lipinski definition) is 2. The standard InChI is InChI=1S/C21H40N6O2.HI/c1-7-16(8-2)17(27-10-12-28-13-11-27)14-23-20(22-9-3)24-15-18-25-19(29-26-18)21(4,5)6;/h16-17H,7-15H2,1-6H3,(H2,22,23,24);1H. The van der Waals surface area contributed by atoms with E-state index in [9.17, 15) is 0 Å². The second kappa shape index (κ2) is 13.5. The van der Waals surface area contributed by atoms with Crippen LogP contribution in [-0.2, 0) is 16.7 Å². The van der Waals surface area contributed by atoms with Crippen LogP contribution in [0.15, 0.2) is 9.52 Å². The number of aromatic nitrogens is 2. The summed E-state index contributed by atoms with van der Waals surface area (Å²) in [5.41, 5.74) is -0.154. The Morgan fingerprint density at radius 3 is 2.33 bits per heavy atom. The molecule has 1 aromatic rings. The molecule has 30 heavy (non-hydrogen) atoms. The Bertz CT molecular complexity index is 621. The lowest BCUT2D eigenvalue weighted by Gasteiger charge is -2.39. The molecule has 1 atom stereocenters. The number of nitrogens with one attached hydrogen (secondary N) is 2. The maximum Gasteiger partial charge on any atom is 0.232 e. The molecular weight excluding hydrogens is 495 g/mol. The summed E-state index contributed by atoms with van der Waals surface area (Å²) in [5.74, 6) is 2.69. The second-order valence-corrected chi connectivity index (χ2v) is 8.63. The minimum atomic E-state index is -0.154. The molecule has 0 radical (unpaired) electrons. The van der Waals surface area contributed by atoms with Crippen molar-refractivity contribution in [2.45, 2.75) is 72.4 Å². The van der Waals surface area contributed by atoms with Gasteiger partial charge in [-0.05, 0) is 12.8 Å². The van der Waals surface area contributed by atoms with Gasteiger partial charge in [0.1, 0.15) is 6.54 Å². The van der Waals surface area contributed by atoms with Gasteiger partial charge >= 0.3 is 0 Å². The Morgan fingerprint density at radius 2 is 1.80 bits per heavy atom. The van der Waals surface area contributed by atoms with Crippen molar-refractivity contribution in [3.63, 3.8) is 0 Å². The average Bonchev–Trinajstić information content (AvgIpc) is 3.19. The number of hydrogen-bond acceptors (Lipinski definition) is 6. The zero-order chi connectivity index (χ0) is 21.3. The minimum Gasteiger partial charge on any atom is -0.379 e. The van der Waals surface area contributed by atoms with Gasteiger partial charge in [-0.3, -0.25) is 4.90 Å². The Balaban J connectivity index is 0.00000450. The van der Waals surface area contributed by atoms with E-state index in [1.807, 2.05) is 0 Å². The maximum atomic E-state index is 5.55. The van der Waals surface area contributed by atoms with Crippen molar-refractivity contribution >= 4 is 29.9 Å². The molecule has 0 aliphatic carbocycles. The molecule has 8 nitrogen and oxygen atoms in total. The summed E-state index contributed by atoms with van der Waals surface area (Å²) in [4.78, 5) is 11.7. The van der Waals surface area contributed by atoms with E-state index in [0.29, 0.717) is 30.2 Å². The van der Waals surface area contributed by atoms with Crippen molar-refractivity contribution in [2.24, 2.45) is 10.9 Å². The third kappa shape index (κ3) is 8.30. The number of morpholine rings is 1. The van der Waals surface area contributed by atoms with Crippen molar-refractivity contribution in [1.82, 2.24) is 25.7 Å². The molecule has 2 N–H and O–H groups in total. The lowest BCUT2D eigenvalue weighted by molar-refractivity contribution is 0.00272. The molecule has 0 aromatic carbocycles. The molecule has 1 unspecified atom stereocenters. The lowest BCUT2D eigenvalue weighted by Crippen LogP contribution is -2.53. The molecule has 0 spiro atoms. The quantitative estimate of drug-likeness (QED) is 0.285. The zero-order valence-corrected chi connectivity index (χ0v) is 21.9. The van der Waals surface area contributed by atoms with Crippen molar-refractivity contribution in [1.29, 1.82) is 0 Å². The van der Waals surface area contributed by atoms with Gasteiger partial charge in [0.15, 0.2) is 11.8 Å². The summed E-state index contributed by atoms with van der Waals surface area (Å²) in [6.07, 6.45) is 2.35. The van der Waals surface area contributed by atoms with Gasteiger partial charge in [0.25, 0.3) is 0 Å². The van der Waals surface area contributed by atoms with Gasteiger partial charge in [-0.15, -0.1) is 24.0 Å². The van der Waals surface area contributed by atoms with Crippen LogP contribution in [0.2, 0.25) is 0 Å². The maximum absolute atomic E-state index is 5.55. The van der Waals surface area contributed by atoms with E-state index in [0.717, 1.165) is 45.4 Å². The molecule has 1 aliphatic heterocycles. The van der Waals surface area contributed by atoms with Gasteiger partial charge in [-0.25, -0.2) is 4.99 Å². The first-order chi connectivity index (χ1) is 13.9. The fraction of sp³-hybridized carbons (Fsp3) is 0.857. The summed E-state index contributed by atoms with van der Waals surface area (Å²) in [6, 6.07) is 0.468. The minimum absolute atomic E-state index is 0. The topological polar surface area (TPSA) is 87.8 Å². The van der Waals surface area contributed by atoms with Crippen LogP contribution in [-0.4, -0.2) is 66.4 Å².